The topological polar surface area (TPSA) is 37.4 Å². The van der Waals surface area contributed by atoms with E-state index < -0.39 is 10.0 Å². The van der Waals surface area contributed by atoms with E-state index in [9.17, 15) is 8.42 Å². The van der Waals surface area contributed by atoms with Gasteiger partial charge < -0.3 is 0 Å². The van der Waals surface area contributed by atoms with Crippen molar-refractivity contribution in [3.8, 4) is 0 Å². The Kier molecular flexibility index (Phi) is 4.27. The Morgan fingerprint density at radius 3 is 1.69 bits per heavy atom. The zero-order chi connectivity index (χ0) is 12.1. The smallest absolute Gasteiger partial charge is 0.212 e. The third-order valence-corrected chi connectivity index (χ3v) is 5.98. The first-order valence-electron chi connectivity index (χ1n) is 5.49. The molecule has 3 nitrogen and oxygen atoms in total. The number of hydrogen-bond acceptors (Lipinski definition) is 2. The normalized spacial score (nSPS) is 26.5. The molecule has 16 heavy (non-hydrogen) atoms. The van der Waals surface area contributed by atoms with Crippen LogP contribution in [0.5, 0.6) is 0 Å². The summed E-state index contributed by atoms with van der Waals surface area (Å²) in [5.41, 5.74) is -0.461. The molecule has 1 saturated heterocycles. The maximum atomic E-state index is 12.3. The van der Waals surface area contributed by atoms with Crippen LogP contribution in [0.3, 0.4) is 0 Å². The van der Waals surface area contributed by atoms with Gasteiger partial charge in [-0.25, -0.2) is 8.42 Å². The summed E-state index contributed by atoms with van der Waals surface area (Å²) in [5, 5.41) is -0.232. The van der Waals surface area contributed by atoms with Gasteiger partial charge in [0.05, 0.1) is 5.25 Å². The predicted molar refractivity (Wildman–Crippen MR) is 70.0 cm³/mol. The fourth-order valence-corrected chi connectivity index (χ4v) is 4.99. The molecular weight excluding hydrogens is 222 g/mol. The first-order chi connectivity index (χ1) is 6.47. The Balaban J connectivity index is 0.00000225. The van der Waals surface area contributed by atoms with E-state index in [1.165, 1.54) is 0 Å². The molecule has 0 bridgehead atoms. The second kappa shape index (κ2) is 4.30. The second-order valence-corrected chi connectivity index (χ2v) is 8.47. The molecule has 0 spiro atoms. The molecule has 1 heterocycles. The minimum Gasteiger partial charge on any atom is -0.212 e. The van der Waals surface area contributed by atoms with Crippen LogP contribution >= 0.6 is 0 Å². The summed E-state index contributed by atoms with van der Waals surface area (Å²) < 4.78 is 26.3. The molecular formula is C12H27NO2S. The standard InChI is InChI=1S/C11H23NO2S.CH4/c1-10(2,3)9-7-8-12(11(4,5)6)15(9,13)14;/h9H,7-8H2,1-6H3;1H4. The maximum absolute atomic E-state index is 12.3. The van der Waals surface area contributed by atoms with Crippen LogP contribution in [0, 0.1) is 5.41 Å². The van der Waals surface area contributed by atoms with Crippen LogP contribution in [0.15, 0.2) is 0 Å². The Morgan fingerprint density at radius 1 is 1.06 bits per heavy atom. The number of hydrogen-bond donors (Lipinski definition) is 0. The highest BCUT2D eigenvalue weighted by Crippen LogP contribution is 2.38. The van der Waals surface area contributed by atoms with E-state index in [2.05, 4.69) is 0 Å². The third-order valence-electron chi connectivity index (χ3n) is 2.98. The van der Waals surface area contributed by atoms with Crippen molar-refractivity contribution in [2.24, 2.45) is 5.41 Å². The van der Waals surface area contributed by atoms with Crippen molar-refractivity contribution in [1.82, 2.24) is 4.31 Å². The average Bonchev–Trinajstić information content (AvgIpc) is 2.21. The van der Waals surface area contributed by atoms with Crippen LogP contribution < -0.4 is 0 Å². The lowest BCUT2D eigenvalue weighted by Crippen LogP contribution is -2.45. The molecule has 0 amide bonds. The highest BCUT2D eigenvalue weighted by atomic mass is 32.2. The van der Waals surface area contributed by atoms with Gasteiger partial charge in [0, 0.05) is 12.1 Å². The molecule has 1 unspecified atom stereocenters. The molecule has 1 aliphatic rings. The van der Waals surface area contributed by atoms with Crippen molar-refractivity contribution < 1.29 is 8.42 Å². The van der Waals surface area contributed by atoms with Crippen LogP contribution in [0.4, 0.5) is 0 Å². The molecule has 0 saturated carbocycles. The van der Waals surface area contributed by atoms with E-state index in [0.29, 0.717) is 6.54 Å². The number of rotatable bonds is 0. The quantitative estimate of drug-likeness (QED) is 0.662. The van der Waals surface area contributed by atoms with Crippen molar-refractivity contribution in [2.75, 3.05) is 6.54 Å². The molecule has 98 valence electrons. The number of nitrogens with zero attached hydrogens (tertiary/aromatic N) is 1. The molecule has 1 rings (SSSR count). The lowest BCUT2D eigenvalue weighted by Gasteiger charge is -2.33. The zero-order valence-corrected chi connectivity index (χ0v) is 11.5. The van der Waals surface area contributed by atoms with Gasteiger partial charge in [-0.15, -0.1) is 0 Å². The van der Waals surface area contributed by atoms with Gasteiger partial charge in [-0.1, -0.05) is 28.2 Å². The van der Waals surface area contributed by atoms with Crippen LogP contribution in [0.2, 0.25) is 0 Å². The summed E-state index contributed by atoms with van der Waals surface area (Å²) >= 11 is 0. The Bertz CT molecular complexity index is 305. The third kappa shape index (κ3) is 2.77. The minimum absolute atomic E-state index is 0. The maximum Gasteiger partial charge on any atom is 0.218 e. The first kappa shape index (κ1) is 15.9. The van der Waals surface area contributed by atoms with Crippen LogP contribution in [-0.4, -0.2) is 30.1 Å². The Hall–Kier alpha value is -0.0900. The monoisotopic (exact) mass is 249 g/mol. The lowest BCUT2D eigenvalue weighted by molar-refractivity contribution is 0.267. The van der Waals surface area contributed by atoms with E-state index in [1.54, 1.807) is 4.31 Å². The molecule has 0 aromatic rings. The van der Waals surface area contributed by atoms with Gasteiger partial charge >= 0.3 is 0 Å². The summed E-state index contributed by atoms with van der Waals surface area (Å²) in [6.45, 7) is 12.5. The lowest BCUT2D eigenvalue weighted by atomic mass is 9.90. The van der Waals surface area contributed by atoms with Crippen molar-refractivity contribution in [2.45, 2.75) is 66.2 Å². The van der Waals surface area contributed by atoms with E-state index >= 15 is 0 Å². The van der Waals surface area contributed by atoms with E-state index in [4.69, 9.17) is 0 Å². The summed E-state index contributed by atoms with van der Waals surface area (Å²) in [7, 11) is -3.11. The highest BCUT2D eigenvalue weighted by molar-refractivity contribution is 7.90. The van der Waals surface area contributed by atoms with Crippen LogP contribution in [-0.2, 0) is 10.0 Å². The fourth-order valence-electron chi connectivity index (χ4n) is 2.26. The van der Waals surface area contributed by atoms with Gasteiger partial charge in [0.2, 0.25) is 10.0 Å². The van der Waals surface area contributed by atoms with Gasteiger partial charge in [0.25, 0.3) is 0 Å². The molecule has 0 N–H and O–H groups in total. The van der Waals surface area contributed by atoms with E-state index in [0.717, 1.165) is 6.42 Å². The van der Waals surface area contributed by atoms with Crippen molar-refractivity contribution >= 4 is 10.0 Å². The molecule has 0 aromatic carbocycles. The van der Waals surface area contributed by atoms with E-state index in [1.807, 2.05) is 41.5 Å². The van der Waals surface area contributed by atoms with Gasteiger partial charge in [-0.3, -0.25) is 0 Å². The molecule has 0 radical (unpaired) electrons. The summed E-state index contributed by atoms with van der Waals surface area (Å²) in [5.74, 6) is 0. The van der Waals surface area contributed by atoms with Crippen molar-refractivity contribution in [3.63, 3.8) is 0 Å². The second-order valence-electron chi connectivity index (χ2n) is 6.43. The van der Waals surface area contributed by atoms with Gasteiger partial charge in [-0.05, 0) is 32.6 Å². The molecule has 4 heteroatoms. The number of sulfonamides is 1. The zero-order valence-electron chi connectivity index (χ0n) is 10.7. The molecule has 0 aromatic heterocycles. The largest absolute Gasteiger partial charge is 0.218 e. The summed E-state index contributed by atoms with van der Waals surface area (Å²) in [4.78, 5) is 0. The fraction of sp³-hybridized carbons (Fsp3) is 1.00. The predicted octanol–water partition coefficient (Wildman–Crippen LogP) is 2.87. The van der Waals surface area contributed by atoms with Gasteiger partial charge in [-0.2, -0.15) is 4.31 Å². The Labute approximate surface area is 101 Å². The molecule has 0 aliphatic carbocycles. The van der Waals surface area contributed by atoms with Crippen molar-refractivity contribution in [1.29, 1.82) is 0 Å². The molecule has 1 fully saturated rings. The van der Waals surface area contributed by atoms with Gasteiger partial charge in [0.15, 0.2) is 0 Å². The minimum atomic E-state index is -3.11. The summed E-state index contributed by atoms with van der Waals surface area (Å²) in [6.07, 6.45) is 0.753. The Morgan fingerprint density at radius 2 is 1.50 bits per heavy atom. The molecule has 1 atom stereocenters. The average molecular weight is 249 g/mol. The van der Waals surface area contributed by atoms with Crippen LogP contribution in [0.25, 0.3) is 0 Å². The van der Waals surface area contributed by atoms with Gasteiger partial charge in [0.1, 0.15) is 0 Å². The highest BCUT2D eigenvalue weighted by Gasteiger charge is 2.48. The van der Waals surface area contributed by atoms with Crippen molar-refractivity contribution in [3.05, 3.63) is 0 Å². The first-order valence-corrected chi connectivity index (χ1v) is 6.99. The van der Waals surface area contributed by atoms with Crippen LogP contribution in [0.1, 0.15) is 55.4 Å². The van der Waals surface area contributed by atoms with E-state index in [-0.39, 0.29) is 23.6 Å². The summed E-state index contributed by atoms with van der Waals surface area (Å²) in [6, 6.07) is 0. The molecule has 1 aliphatic heterocycles. The SMILES string of the molecule is C.CC(C)(C)C1CCN(C(C)(C)C)S1(=O)=O.